The second-order valence-corrected chi connectivity index (χ2v) is 14.9. The van der Waals surface area contributed by atoms with E-state index in [1.54, 1.807) is 21.0 Å². The van der Waals surface area contributed by atoms with Crippen LogP contribution >= 0.6 is 0 Å². The summed E-state index contributed by atoms with van der Waals surface area (Å²) in [7, 11) is 1.60. The van der Waals surface area contributed by atoms with Crippen LogP contribution in [0, 0.1) is 0 Å². The SMILES string of the molecule is CCCCCCCCCCCCCC(=O)OCC(COC(=O)CCCCCCCCCCCCC)NC(=O)C(C)(C)OCC(C)(C)OC. The van der Waals surface area contributed by atoms with Crippen LogP contribution in [0.2, 0.25) is 0 Å². The summed E-state index contributed by atoms with van der Waals surface area (Å²) in [6.07, 6.45) is 27.4. The fourth-order valence-corrected chi connectivity index (χ4v) is 5.37. The van der Waals surface area contributed by atoms with Crippen molar-refractivity contribution in [2.75, 3.05) is 26.9 Å². The van der Waals surface area contributed by atoms with Crippen molar-refractivity contribution in [1.82, 2.24) is 5.32 Å². The smallest absolute Gasteiger partial charge is 0.305 e. The van der Waals surface area contributed by atoms with E-state index in [0.717, 1.165) is 38.5 Å². The van der Waals surface area contributed by atoms with Crippen LogP contribution in [0.3, 0.4) is 0 Å². The first kappa shape index (κ1) is 46.3. The lowest BCUT2D eigenvalue weighted by Gasteiger charge is -2.31. The van der Waals surface area contributed by atoms with Gasteiger partial charge in [0.1, 0.15) is 18.8 Å². The summed E-state index contributed by atoms with van der Waals surface area (Å²) < 4.78 is 22.4. The number of hydrogen-bond donors (Lipinski definition) is 1. The zero-order valence-electron chi connectivity index (χ0n) is 32.5. The predicted octanol–water partition coefficient (Wildman–Crippen LogP) is 10.2. The first-order chi connectivity index (χ1) is 23.0. The first-order valence-corrected chi connectivity index (χ1v) is 19.8. The van der Waals surface area contributed by atoms with E-state index in [9.17, 15) is 14.4 Å². The molecule has 0 aromatic carbocycles. The Bertz CT molecular complexity index is 756. The average Bonchev–Trinajstić information content (AvgIpc) is 3.06. The van der Waals surface area contributed by atoms with E-state index >= 15 is 0 Å². The number of carbonyl (C=O) groups is 3. The van der Waals surface area contributed by atoms with Crippen LogP contribution in [0.5, 0.6) is 0 Å². The van der Waals surface area contributed by atoms with Crippen molar-refractivity contribution in [3.63, 3.8) is 0 Å². The van der Waals surface area contributed by atoms with E-state index in [2.05, 4.69) is 19.2 Å². The maximum atomic E-state index is 13.2. The van der Waals surface area contributed by atoms with Crippen molar-refractivity contribution < 1.29 is 33.3 Å². The number of carbonyl (C=O) groups excluding carboxylic acids is 3. The molecule has 48 heavy (non-hydrogen) atoms. The zero-order valence-corrected chi connectivity index (χ0v) is 32.5. The lowest BCUT2D eigenvalue weighted by Crippen LogP contribution is -2.52. The number of methoxy groups -OCH3 is 1. The molecule has 0 atom stereocenters. The lowest BCUT2D eigenvalue weighted by molar-refractivity contribution is -0.157. The molecule has 0 aromatic rings. The summed E-state index contributed by atoms with van der Waals surface area (Å²) in [5, 5.41) is 2.89. The number of unbranched alkanes of at least 4 members (excludes halogenated alkanes) is 20. The fraction of sp³-hybridized carbons (Fsp3) is 0.925. The second kappa shape index (κ2) is 30.2. The van der Waals surface area contributed by atoms with Crippen LogP contribution in [0.25, 0.3) is 0 Å². The van der Waals surface area contributed by atoms with E-state index in [1.807, 2.05) is 13.8 Å². The minimum absolute atomic E-state index is 0.0615. The average molecular weight is 684 g/mol. The van der Waals surface area contributed by atoms with Crippen LogP contribution in [0.1, 0.15) is 196 Å². The number of nitrogens with one attached hydrogen (secondary N) is 1. The van der Waals surface area contributed by atoms with Gasteiger partial charge in [-0.25, -0.2) is 0 Å². The van der Waals surface area contributed by atoms with Gasteiger partial charge in [-0.05, 0) is 40.5 Å². The van der Waals surface area contributed by atoms with Gasteiger partial charge in [0.2, 0.25) is 0 Å². The van der Waals surface area contributed by atoms with Gasteiger partial charge in [-0.1, -0.05) is 142 Å². The Kier molecular flexibility index (Phi) is 29.1. The van der Waals surface area contributed by atoms with Gasteiger partial charge in [-0.3, -0.25) is 14.4 Å². The molecule has 0 aliphatic heterocycles. The van der Waals surface area contributed by atoms with Crippen molar-refractivity contribution in [2.45, 2.75) is 213 Å². The molecule has 0 rings (SSSR count). The van der Waals surface area contributed by atoms with Crippen LogP contribution in [-0.2, 0) is 33.3 Å². The van der Waals surface area contributed by atoms with Gasteiger partial charge in [0.15, 0.2) is 0 Å². The minimum atomic E-state index is -1.16. The van der Waals surface area contributed by atoms with E-state index in [1.165, 1.54) is 103 Å². The predicted molar refractivity (Wildman–Crippen MR) is 197 cm³/mol. The molecule has 0 radical (unpaired) electrons. The maximum Gasteiger partial charge on any atom is 0.305 e. The molecule has 0 bridgehead atoms. The van der Waals surface area contributed by atoms with Gasteiger partial charge in [0.25, 0.3) is 5.91 Å². The van der Waals surface area contributed by atoms with Crippen molar-refractivity contribution in [1.29, 1.82) is 0 Å². The quantitative estimate of drug-likeness (QED) is 0.0532. The first-order valence-electron chi connectivity index (χ1n) is 19.8. The fourth-order valence-electron chi connectivity index (χ4n) is 5.37. The molecule has 0 aliphatic carbocycles. The Morgan fingerprint density at radius 1 is 0.542 bits per heavy atom. The molecule has 0 unspecified atom stereocenters. The minimum Gasteiger partial charge on any atom is -0.463 e. The molecule has 8 heteroatoms. The largest absolute Gasteiger partial charge is 0.463 e. The third-order valence-electron chi connectivity index (χ3n) is 9.08. The number of ether oxygens (including phenoxy) is 4. The number of esters is 2. The molecule has 0 saturated heterocycles. The summed E-state index contributed by atoms with van der Waals surface area (Å²) >= 11 is 0. The van der Waals surface area contributed by atoms with Gasteiger partial charge in [0, 0.05) is 20.0 Å². The van der Waals surface area contributed by atoms with E-state index in [0.29, 0.717) is 12.8 Å². The Balaban J connectivity index is 4.58. The van der Waals surface area contributed by atoms with Crippen molar-refractivity contribution >= 4 is 17.8 Å². The summed E-state index contributed by atoms with van der Waals surface area (Å²) in [6, 6.07) is -0.668. The normalized spacial score (nSPS) is 12.0. The molecule has 0 fully saturated rings. The number of rotatable bonds is 34. The van der Waals surface area contributed by atoms with Crippen LogP contribution in [-0.4, -0.2) is 62.0 Å². The Hall–Kier alpha value is -1.67. The van der Waals surface area contributed by atoms with E-state index in [-0.39, 0.29) is 37.7 Å². The standard InChI is InChI=1S/C40H77NO7/c1-8-10-12-14-16-18-20-22-24-26-28-30-36(42)46-32-35(41-38(44)40(5,6)48-34-39(3,4)45-7)33-47-37(43)31-29-27-25-23-21-19-17-15-13-11-9-2/h35H,8-34H2,1-7H3,(H,41,44). The van der Waals surface area contributed by atoms with Gasteiger partial charge in [-0.2, -0.15) is 0 Å². The van der Waals surface area contributed by atoms with Crippen molar-refractivity contribution in [3.8, 4) is 0 Å². The molecule has 1 N–H and O–H groups in total. The molecule has 0 spiro atoms. The highest BCUT2D eigenvalue weighted by atomic mass is 16.6. The zero-order chi connectivity index (χ0) is 35.9. The molecule has 0 saturated carbocycles. The molecule has 0 heterocycles. The molecular formula is C40H77NO7. The van der Waals surface area contributed by atoms with Crippen molar-refractivity contribution in [3.05, 3.63) is 0 Å². The van der Waals surface area contributed by atoms with E-state index in [4.69, 9.17) is 18.9 Å². The lowest BCUT2D eigenvalue weighted by atomic mass is 10.1. The van der Waals surface area contributed by atoms with Gasteiger partial charge in [-0.15, -0.1) is 0 Å². The molecule has 0 aromatic heterocycles. The van der Waals surface area contributed by atoms with Crippen LogP contribution in [0.15, 0.2) is 0 Å². The highest BCUT2D eigenvalue weighted by Gasteiger charge is 2.33. The van der Waals surface area contributed by atoms with Crippen molar-refractivity contribution in [2.24, 2.45) is 0 Å². The summed E-state index contributed by atoms with van der Waals surface area (Å²) in [6.45, 7) is 11.7. The number of hydrogen-bond acceptors (Lipinski definition) is 7. The van der Waals surface area contributed by atoms with Crippen LogP contribution < -0.4 is 5.32 Å². The molecule has 1 amide bonds. The van der Waals surface area contributed by atoms with Gasteiger partial charge >= 0.3 is 11.9 Å². The maximum absolute atomic E-state index is 13.2. The van der Waals surface area contributed by atoms with Gasteiger partial charge < -0.3 is 24.3 Å². The summed E-state index contributed by atoms with van der Waals surface area (Å²) in [4.78, 5) is 38.2. The molecular weight excluding hydrogens is 606 g/mol. The summed E-state index contributed by atoms with van der Waals surface area (Å²) in [5.74, 6) is -0.966. The monoisotopic (exact) mass is 684 g/mol. The second-order valence-electron chi connectivity index (χ2n) is 14.9. The Morgan fingerprint density at radius 3 is 1.21 bits per heavy atom. The van der Waals surface area contributed by atoms with E-state index < -0.39 is 17.2 Å². The van der Waals surface area contributed by atoms with Gasteiger partial charge in [0.05, 0.1) is 18.2 Å². The molecule has 0 aliphatic rings. The highest BCUT2D eigenvalue weighted by Crippen LogP contribution is 2.17. The molecule has 284 valence electrons. The topological polar surface area (TPSA) is 100 Å². The Morgan fingerprint density at radius 2 is 0.875 bits per heavy atom. The highest BCUT2D eigenvalue weighted by molar-refractivity contribution is 5.84. The summed E-state index contributed by atoms with van der Waals surface area (Å²) in [5.41, 5.74) is -1.71. The Labute approximate surface area is 295 Å². The van der Waals surface area contributed by atoms with Crippen LogP contribution in [0.4, 0.5) is 0 Å². The number of amides is 1. The third kappa shape index (κ3) is 28.2. The molecule has 8 nitrogen and oxygen atoms in total. The third-order valence-corrected chi connectivity index (χ3v) is 9.08.